The maximum atomic E-state index is 13.4. The zero-order valence-electron chi connectivity index (χ0n) is 19.9. The van der Waals surface area contributed by atoms with Crippen LogP contribution in [0.1, 0.15) is 29.8 Å². The molecular weight excluding hydrogens is 472 g/mol. The Kier molecular flexibility index (Phi) is 6.55. The van der Waals surface area contributed by atoms with Crippen molar-refractivity contribution in [2.45, 2.75) is 26.9 Å². The van der Waals surface area contributed by atoms with Crippen LogP contribution in [0.2, 0.25) is 0 Å². The van der Waals surface area contributed by atoms with Crippen molar-refractivity contribution < 1.29 is 9.59 Å². The average Bonchev–Trinajstić information content (AvgIpc) is 3.54. The minimum atomic E-state index is -0.262. The second-order valence-corrected chi connectivity index (χ2v) is 9.08. The fraction of sp³-hybridized carbons (Fsp3) is 0.148. The number of rotatable bonds is 7. The molecule has 0 unspecified atom stereocenters. The van der Waals surface area contributed by atoms with E-state index in [1.54, 1.807) is 16.9 Å². The Hall–Kier alpha value is -4.37. The molecule has 0 bridgehead atoms. The zero-order valence-corrected chi connectivity index (χ0v) is 20.7. The lowest BCUT2D eigenvalue weighted by molar-refractivity contribution is -0.119. The molecule has 0 aliphatic rings. The number of benzene rings is 2. The second kappa shape index (κ2) is 10.1. The molecule has 0 atom stereocenters. The van der Waals surface area contributed by atoms with Crippen LogP contribution in [-0.2, 0) is 17.9 Å². The van der Waals surface area contributed by atoms with Crippen molar-refractivity contribution in [2.75, 3.05) is 5.32 Å². The molecule has 8 nitrogen and oxygen atoms in total. The van der Waals surface area contributed by atoms with Crippen LogP contribution in [0.5, 0.6) is 0 Å². The summed E-state index contributed by atoms with van der Waals surface area (Å²) < 4.78 is 1.79. The van der Waals surface area contributed by atoms with Gasteiger partial charge < -0.3 is 5.32 Å². The first-order chi connectivity index (χ1) is 17.5. The Labute approximate surface area is 212 Å². The number of aromatic nitrogens is 4. The predicted octanol–water partition coefficient (Wildman–Crippen LogP) is 5.13. The smallest absolute Gasteiger partial charge is 0.258 e. The summed E-state index contributed by atoms with van der Waals surface area (Å²) in [6.07, 6.45) is 1.69. The quantitative estimate of drug-likeness (QED) is 0.325. The highest BCUT2D eigenvalue weighted by Crippen LogP contribution is 2.28. The van der Waals surface area contributed by atoms with E-state index in [4.69, 9.17) is 4.98 Å². The first kappa shape index (κ1) is 23.4. The molecule has 0 fully saturated rings. The molecule has 0 aliphatic carbocycles. The monoisotopic (exact) mass is 496 g/mol. The number of carbonyl (C=O) groups excluding carboxylic acids is 2. The van der Waals surface area contributed by atoms with Crippen molar-refractivity contribution in [1.29, 1.82) is 0 Å². The summed E-state index contributed by atoms with van der Waals surface area (Å²) >= 11 is 1.36. The Morgan fingerprint density at radius 1 is 0.972 bits per heavy atom. The summed E-state index contributed by atoms with van der Waals surface area (Å²) in [5, 5.41) is 13.2. The lowest BCUT2D eigenvalue weighted by atomic mass is 10.1. The Morgan fingerprint density at radius 2 is 1.72 bits per heavy atom. The summed E-state index contributed by atoms with van der Waals surface area (Å²) in [7, 11) is 0. The number of hydrogen-bond acceptors (Lipinski definition) is 6. The molecule has 0 saturated heterocycles. The Balaban J connectivity index is 1.40. The van der Waals surface area contributed by atoms with E-state index in [-0.39, 0.29) is 11.8 Å². The van der Waals surface area contributed by atoms with Crippen LogP contribution < -0.4 is 10.6 Å². The molecule has 9 heteroatoms. The lowest BCUT2D eigenvalue weighted by Gasteiger charge is -2.08. The van der Waals surface area contributed by atoms with Crippen LogP contribution in [0, 0.1) is 0 Å². The van der Waals surface area contributed by atoms with Gasteiger partial charge in [0, 0.05) is 36.5 Å². The van der Waals surface area contributed by atoms with E-state index in [2.05, 4.69) is 20.7 Å². The topological polar surface area (TPSA) is 102 Å². The number of fused-ring (bicyclic) bond motifs is 1. The first-order valence-corrected chi connectivity index (χ1v) is 12.4. The van der Waals surface area contributed by atoms with Crippen molar-refractivity contribution in [3.05, 3.63) is 83.4 Å². The molecule has 5 aromatic rings. The molecule has 36 heavy (non-hydrogen) atoms. The van der Waals surface area contributed by atoms with Gasteiger partial charge in [-0.05, 0) is 18.6 Å². The van der Waals surface area contributed by atoms with Gasteiger partial charge in [-0.25, -0.2) is 14.6 Å². The van der Waals surface area contributed by atoms with Gasteiger partial charge in [0.25, 0.3) is 5.91 Å². The van der Waals surface area contributed by atoms with Crippen LogP contribution in [0.15, 0.2) is 72.2 Å². The molecule has 5 rings (SSSR count). The summed E-state index contributed by atoms with van der Waals surface area (Å²) in [5.41, 5.74) is 5.51. The number of nitrogens with one attached hydrogen (secondary N) is 2. The fourth-order valence-electron chi connectivity index (χ4n) is 3.87. The van der Waals surface area contributed by atoms with E-state index in [1.165, 1.54) is 18.3 Å². The van der Waals surface area contributed by atoms with Crippen molar-refractivity contribution in [3.8, 4) is 22.5 Å². The summed E-state index contributed by atoms with van der Waals surface area (Å²) in [6, 6.07) is 19.4. The van der Waals surface area contributed by atoms with Crippen LogP contribution in [0.25, 0.3) is 33.5 Å². The molecule has 0 aliphatic heterocycles. The lowest BCUT2D eigenvalue weighted by Crippen LogP contribution is -2.18. The van der Waals surface area contributed by atoms with Gasteiger partial charge in [0.1, 0.15) is 0 Å². The van der Waals surface area contributed by atoms with Crippen LogP contribution in [0.3, 0.4) is 0 Å². The average molecular weight is 497 g/mol. The van der Waals surface area contributed by atoms with E-state index in [9.17, 15) is 9.59 Å². The van der Waals surface area contributed by atoms with Crippen LogP contribution >= 0.6 is 11.3 Å². The van der Waals surface area contributed by atoms with Crippen LogP contribution in [-0.4, -0.2) is 31.6 Å². The SMILES string of the molecule is CCn1ncc2c(C(=O)Nc3nc(-c4ccc(CNC(C)=O)cc4)cs3)cc(-c3ccccc3)nc21. The predicted molar refractivity (Wildman–Crippen MR) is 142 cm³/mol. The van der Waals surface area contributed by atoms with Gasteiger partial charge in [0.05, 0.1) is 28.5 Å². The minimum absolute atomic E-state index is 0.0663. The van der Waals surface area contributed by atoms with Gasteiger partial charge >= 0.3 is 0 Å². The zero-order chi connectivity index (χ0) is 25.1. The third-order valence-electron chi connectivity index (χ3n) is 5.74. The van der Waals surface area contributed by atoms with Crippen molar-refractivity contribution >= 4 is 39.3 Å². The largest absolute Gasteiger partial charge is 0.352 e. The first-order valence-electron chi connectivity index (χ1n) is 11.5. The Morgan fingerprint density at radius 3 is 2.44 bits per heavy atom. The number of nitrogens with zero attached hydrogens (tertiary/aromatic N) is 4. The molecule has 0 radical (unpaired) electrons. The normalized spacial score (nSPS) is 10.9. The van der Waals surface area contributed by atoms with Crippen molar-refractivity contribution in [1.82, 2.24) is 25.1 Å². The second-order valence-electron chi connectivity index (χ2n) is 8.22. The number of hydrogen-bond donors (Lipinski definition) is 2. The molecule has 0 spiro atoms. The van der Waals surface area contributed by atoms with E-state index < -0.39 is 0 Å². The summed E-state index contributed by atoms with van der Waals surface area (Å²) in [4.78, 5) is 33.9. The third kappa shape index (κ3) is 4.87. The highest BCUT2D eigenvalue weighted by molar-refractivity contribution is 7.14. The molecule has 0 saturated carbocycles. The fourth-order valence-corrected chi connectivity index (χ4v) is 4.59. The number of thiazole rings is 1. The molecule has 2 aromatic carbocycles. The minimum Gasteiger partial charge on any atom is -0.352 e. The number of pyridine rings is 1. The summed E-state index contributed by atoms with van der Waals surface area (Å²) in [6.45, 7) is 4.62. The molecule has 2 N–H and O–H groups in total. The van der Waals surface area contributed by atoms with Gasteiger partial charge in [0.2, 0.25) is 5.91 Å². The highest BCUT2D eigenvalue weighted by Gasteiger charge is 2.18. The molecule has 3 heterocycles. The number of amides is 2. The van der Waals surface area contributed by atoms with Gasteiger partial charge in [-0.2, -0.15) is 5.10 Å². The van der Waals surface area contributed by atoms with Crippen molar-refractivity contribution in [3.63, 3.8) is 0 Å². The standard InChI is InChI=1S/C27H24N6O2S/c1-3-33-25-22(15-29-33)21(13-23(30-25)19-7-5-4-6-8-19)26(35)32-27-31-24(16-36-27)20-11-9-18(10-12-20)14-28-17(2)34/h4-13,15-16H,3,14H2,1-2H3,(H,28,34)(H,31,32,35). The molecular formula is C27H24N6O2S. The number of carbonyl (C=O) groups is 2. The number of aryl methyl sites for hydroxylation is 1. The van der Waals surface area contributed by atoms with E-state index >= 15 is 0 Å². The highest BCUT2D eigenvalue weighted by atomic mass is 32.1. The number of anilines is 1. The van der Waals surface area contributed by atoms with Gasteiger partial charge in [0.15, 0.2) is 10.8 Å². The van der Waals surface area contributed by atoms with E-state index in [0.717, 1.165) is 22.4 Å². The van der Waals surface area contributed by atoms with Gasteiger partial charge in [-0.1, -0.05) is 54.6 Å². The van der Waals surface area contributed by atoms with Crippen LogP contribution in [0.4, 0.5) is 5.13 Å². The molecule has 180 valence electrons. The maximum absolute atomic E-state index is 13.4. The third-order valence-corrected chi connectivity index (χ3v) is 6.50. The van der Waals surface area contributed by atoms with Gasteiger partial charge in [-0.15, -0.1) is 11.3 Å². The maximum Gasteiger partial charge on any atom is 0.258 e. The van der Waals surface area contributed by atoms with E-state index in [1.807, 2.05) is 66.9 Å². The molecule has 2 amide bonds. The van der Waals surface area contributed by atoms with E-state index in [0.29, 0.717) is 40.5 Å². The van der Waals surface area contributed by atoms with Gasteiger partial charge in [-0.3, -0.25) is 14.9 Å². The van der Waals surface area contributed by atoms with Crippen molar-refractivity contribution in [2.24, 2.45) is 0 Å². The Bertz CT molecular complexity index is 1540. The summed E-state index contributed by atoms with van der Waals surface area (Å²) in [5.74, 6) is -0.329. The molecule has 3 aromatic heterocycles.